The molecule has 1 saturated heterocycles. The van der Waals surface area contributed by atoms with E-state index in [1.54, 1.807) is 0 Å². The van der Waals surface area contributed by atoms with Crippen molar-refractivity contribution in [3.63, 3.8) is 0 Å². The number of imidazole rings is 1. The average Bonchev–Trinajstić information content (AvgIpc) is 3.32. The number of rotatable bonds is 11. The summed E-state index contributed by atoms with van der Waals surface area (Å²) in [6.45, 7) is 1.21. The number of alkyl halides is 1. The van der Waals surface area contributed by atoms with Gasteiger partial charge in [0.1, 0.15) is 11.8 Å². The smallest absolute Gasteiger partial charge is 0.305 e. The number of esters is 1. The second-order valence-corrected chi connectivity index (χ2v) is 8.24. The van der Waals surface area contributed by atoms with Crippen LogP contribution in [0, 0.1) is 12.3 Å². The summed E-state index contributed by atoms with van der Waals surface area (Å²) in [6.07, 6.45) is 11.2. The number of unbranched alkanes of at least 4 members (excludes halogenated alkanes) is 6. The van der Waals surface area contributed by atoms with Crippen molar-refractivity contribution >= 4 is 23.0 Å². The molecule has 2 aromatic rings. The maximum absolute atomic E-state index is 15.5. The number of aliphatic hydroxyl groups excluding tert-OH is 1. The van der Waals surface area contributed by atoms with Gasteiger partial charge in [0.2, 0.25) is 5.60 Å². The molecule has 4 atom stereocenters. The van der Waals surface area contributed by atoms with Crippen molar-refractivity contribution in [2.24, 2.45) is 0 Å². The fraction of sp³-hybridized carbons (Fsp3) is 0.636. The first-order chi connectivity index (χ1) is 15.8. The average molecular weight is 464 g/mol. The van der Waals surface area contributed by atoms with Gasteiger partial charge in [-0.1, -0.05) is 51.4 Å². The number of halogens is 1. The Morgan fingerprint density at radius 3 is 2.70 bits per heavy atom. The molecule has 10 nitrogen and oxygen atoms in total. The van der Waals surface area contributed by atoms with Crippen LogP contribution in [-0.4, -0.2) is 59.9 Å². The third-order valence-electron chi connectivity index (χ3n) is 5.79. The largest absolute Gasteiger partial charge is 0.459 e. The molecule has 0 amide bonds. The van der Waals surface area contributed by atoms with Gasteiger partial charge in [-0.25, -0.2) is 19.3 Å². The lowest BCUT2D eigenvalue weighted by molar-refractivity contribution is -0.216. The highest BCUT2D eigenvalue weighted by molar-refractivity contribution is 5.81. The van der Waals surface area contributed by atoms with Crippen LogP contribution < -0.4 is 5.73 Å². The Morgan fingerprint density at radius 1 is 1.30 bits per heavy atom. The van der Waals surface area contributed by atoms with E-state index in [0.29, 0.717) is 6.42 Å². The van der Waals surface area contributed by atoms with Crippen LogP contribution in [0.1, 0.15) is 64.5 Å². The number of nitrogens with two attached hydrogens (primary N) is 1. The van der Waals surface area contributed by atoms with Crippen molar-refractivity contribution in [3.8, 4) is 12.3 Å². The first kappa shape index (κ1) is 24.8. The summed E-state index contributed by atoms with van der Waals surface area (Å²) >= 11 is 0. The van der Waals surface area contributed by atoms with Crippen molar-refractivity contribution < 1.29 is 28.9 Å². The molecule has 0 radical (unpaired) electrons. The van der Waals surface area contributed by atoms with Gasteiger partial charge in [0.25, 0.3) is 5.85 Å². The van der Waals surface area contributed by atoms with Gasteiger partial charge < -0.3 is 25.4 Å². The lowest BCUT2D eigenvalue weighted by Gasteiger charge is -2.26. The number of ether oxygens (including phenoxy) is 2. The van der Waals surface area contributed by atoms with Gasteiger partial charge in [0, 0.05) is 6.42 Å². The minimum Gasteiger partial charge on any atom is -0.459 e. The van der Waals surface area contributed by atoms with E-state index < -0.39 is 36.4 Å². The van der Waals surface area contributed by atoms with Crippen LogP contribution >= 0.6 is 0 Å². The maximum atomic E-state index is 15.5. The Hall–Kier alpha value is -2.81. The molecule has 1 aliphatic rings. The van der Waals surface area contributed by atoms with Crippen molar-refractivity contribution in [2.75, 3.05) is 12.3 Å². The quantitative estimate of drug-likeness (QED) is 0.259. The predicted molar refractivity (Wildman–Crippen MR) is 117 cm³/mol. The Bertz CT molecular complexity index is 1010. The summed E-state index contributed by atoms with van der Waals surface area (Å²) in [4.78, 5) is 23.9. The zero-order chi connectivity index (χ0) is 24.1. The number of hydrogen-bond donors (Lipinski definition) is 3. The van der Waals surface area contributed by atoms with E-state index in [0.717, 1.165) is 30.2 Å². The fourth-order valence-corrected chi connectivity index (χ4v) is 3.85. The molecule has 0 aliphatic carbocycles. The van der Waals surface area contributed by atoms with Crippen LogP contribution in [0.4, 0.5) is 10.2 Å². The molecule has 3 heterocycles. The number of nitrogen functional groups attached to an aromatic ring is 1. The van der Waals surface area contributed by atoms with Crippen LogP contribution in [0.3, 0.4) is 0 Å². The topological polar surface area (TPSA) is 146 Å². The lowest BCUT2D eigenvalue weighted by atomic mass is 9.94. The molecule has 33 heavy (non-hydrogen) atoms. The van der Waals surface area contributed by atoms with E-state index in [4.69, 9.17) is 21.6 Å². The van der Waals surface area contributed by atoms with E-state index in [2.05, 4.69) is 21.9 Å². The summed E-state index contributed by atoms with van der Waals surface area (Å²) in [5.41, 5.74) is 3.57. The van der Waals surface area contributed by atoms with Gasteiger partial charge in [-0.3, -0.25) is 9.36 Å². The number of aliphatic hydroxyl groups is 2. The SMILES string of the molecule is C#C[C@]1(O)[C@H](n2cnc3c(N)ncnc32)O[C@](F)(COC(=O)CCCCCCCCC)[C@H]1O. The van der Waals surface area contributed by atoms with Gasteiger partial charge in [0.15, 0.2) is 30.4 Å². The lowest BCUT2D eigenvalue weighted by Crippen LogP contribution is -2.50. The van der Waals surface area contributed by atoms with Crippen LogP contribution in [0.5, 0.6) is 0 Å². The van der Waals surface area contributed by atoms with E-state index in [9.17, 15) is 15.0 Å². The highest BCUT2D eigenvalue weighted by Gasteiger charge is 2.65. The molecule has 0 saturated carbocycles. The molecule has 0 spiro atoms. The van der Waals surface area contributed by atoms with Gasteiger partial charge >= 0.3 is 5.97 Å². The maximum Gasteiger partial charge on any atom is 0.305 e. The predicted octanol–water partition coefficient (Wildman–Crippen LogP) is 2.01. The van der Waals surface area contributed by atoms with Gasteiger partial charge in [-0.05, 0) is 6.42 Å². The second kappa shape index (κ2) is 10.4. The number of anilines is 1. The van der Waals surface area contributed by atoms with Crippen molar-refractivity contribution in [1.29, 1.82) is 0 Å². The number of terminal acetylenes is 1. The minimum atomic E-state index is -2.95. The molecule has 4 N–H and O–H groups in total. The van der Waals surface area contributed by atoms with Gasteiger partial charge in [0.05, 0.1) is 6.33 Å². The third kappa shape index (κ3) is 5.08. The monoisotopic (exact) mass is 463 g/mol. The zero-order valence-corrected chi connectivity index (χ0v) is 18.6. The number of hydrogen-bond acceptors (Lipinski definition) is 9. The third-order valence-corrected chi connectivity index (χ3v) is 5.79. The van der Waals surface area contributed by atoms with E-state index in [1.165, 1.54) is 25.6 Å². The standard InChI is InChI=1S/C22H30FN5O5/c1-3-5-6-7-8-9-10-11-15(29)32-12-22(23)19(30)21(31,4-2)20(33-22)28-14-27-16-17(24)25-13-26-18(16)28/h2,13-14,19-20,30-31H,3,5-12H2,1H3,(H2,24,25,26)/t19-,20+,21+,22+/m0/s1. The molecule has 11 heteroatoms. The van der Waals surface area contributed by atoms with E-state index in [1.807, 2.05) is 5.92 Å². The van der Waals surface area contributed by atoms with Crippen molar-refractivity contribution in [1.82, 2.24) is 19.5 Å². The Balaban J connectivity index is 1.63. The first-order valence-corrected chi connectivity index (χ1v) is 11.1. The fourth-order valence-electron chi connectivity index (χ4n) is 3.85. The molecule has 2 aromatic heterocycles. The Morgan fingerprint density at radius 2 is 2.00 bits per heavy atom. The summed E-state index contributed by atoms with van der Waals surface area (Å²) in [5.74, 6) is -1.52. The molecule has 1 fully saturated rings. The Labute approximate surface area is 191 Å². The van der Waals surface area contributed by atoms with Gasteiger partial charge in [-0.15, -0.1) is 6.42 Å². The highest BCUT2D eigenvalue weighted by atomic mass is 19.2. The molecular weight excluding hydrogens is 433 g/mol. The number of nitrogens with zero attached hydrogens (tertiary/aromatic N) is 4. The molecule has 0 unspecified atom stereocenters. The van der Waals surface area contributed by atoms with Crippen LogP contribution in [0.25, 0.3) is 11.2 Å². The second-order valence-electron chi connectivity index (χ2n) is 8.24. The van der Waals surface area contributed by atoms with Gasteiger partial charge in [-0.2, -0.15) is 0 Å². The van der Waals surface area contributed by atoms with Crippen molar-refractivity contribution in [3.05, 3.63) is 12.7 Å². The first-order valence-electron chi connectivity index (χ1n) is 11.1. The molecular formula is C22H30FN5O5. The minimum absolute atomic E-state index is 0.0624. The van der Waals surface area contributed by atoms with Crippen LogP contribution in [-0.2, 0) is 14.3 Å². The number of carbonyl (C=O) groups excluding carboxylic acids is 1. The molecule has 180 valence electrons. The summed E-state index contributed by atoms with van der Waals surface area (Å²) in [6, 6.07) is 0. The normalized spacial score (nSPS) is 27.0. The summed E-state index contributed by atoms with van der Waals surface area (Å²) < 4.78 is 27.0. The van der Waals surface area contributed by atoms with Crippen LogP contribution in [0.2, 0.25) is 0 Å². The molecule has 0 bridgehead atoms. The molecule has 0 aromatic carbocycles. The number of aromatic nitrogens is 4. The molecule has 1 aliphatic heterocycles. The van der Waals surface area contributed by atoms with Crippen molar-refractivity contribution in [2.45, 2.75) is 82.1 Å². The number of carbonyl (C=O) groups is 1. The highest BCUT2D eigenvalue weighted by Crippen LogP contribution is 2.46. The number of fused-ring (bicyclic) bond motifs is 1. The van der Waals surface area contributed by atoms with E-state index >= 15 is 4.39 Å². The molecule has 3 rings (SSSR count). The van der Waals surface area contributed by atoms with E-state index in [-0.39, 0.29) is 23.4 Å². The zero-order valence-electron chi connectivity index (χ0n) is 18.6. The summed E-state index contributed by atoms with van der Waals surface area (Å²) in [7, 11) is 0. The summed E-state index contributed by atoms with van der Waals surface area (Å²) in [5, 5.41) is 21.4. The van der Waals surface area contributed by atoms with Crippen LogP contribution in [0.15, 0.2) is 12.7 Å². The Kier molecular flexibility index (Phi) is 7.84.